The maximum atomic E-state index is 12.2. The highest BCUT2D eigenvalue weighted by atomic mass is 35.5. The molecule has 1 aliphatic rings. The molecule has 0 bridgehead atoms. The molecule has 1 aliphatic carbocycles. The molecule has 0 aromatic heterocycles. The van der Waals surface area contributed by atoms with E-state index in [-0.39, 0.29) is 34.7 Å². The van der Waals surface area contributed by atoms with Gasteiger partial charge in [0.2, 0.25) is 15.9 Å². The number of rotatable bonds is 9. The number of halogens is 1. The normalized spacial score (nSPS) is 14.6. The summed E-state index contributed by atoms with van der Waals surface area (Å²) in [5.74, 6) is 0.0635. The topological polar surface area (TPSA) is 92.5 Å². The summed E-state index contributed by atoms with van der Waals surface area (Å²) in [4.78, 5) is 14.2. The third-order valence-corrected chi connectivity index (χ3v) is 5.94. The van der Waals surface area contributed by atoms with Gasteiger partial charge >= 0.3 is 0 Å². The van der Waals surface area contributed by atoms with E-state index in [0.717, 1.165) is 18.4 Å². The van der Waals surface area contributed by atoms with E-state index in [2.05, 4.69) is 4.72 Å². The van der Waals surface area contributed by atoms with E-state index < -0.39 is 10.0 Å². The van der Waals surface area contributed by atoms with Crippen LogP contribution in [-0.2, 0) is 21.2 Å². The van der Waals surface area contributed by atoms with Crippen molar-refractivity contribution in [2.75, 3.05) is 20.1 Å². The number of hydrogen-bond acceptors (Lipinski definition) is 4. The van der Waals surface area contributed by atoms with Gasteiger partial charge in [-0.2, -0.15) is 0 Å². The Morgan fingerprint density at radius 3 is 2.35 bits per heavy atom. The number of nitrogens with two attached hydrogens (primary N) is 1. The highest BCUT2D eigenvalue weighted by molar-refractivity contribution is 7.89. The molecule has 0 aliphatic heterocycles. The Labute approximate surface area is 163 Å². The summed E-state index contributed by atoms with van der Waals surface area (Å²) in [6, 6.07) is 6.85. The number of nitrogens with one attached hydrogen (secondary N) is 1. The van der Waals surface area contributed by atoms with Gasteiger partial charge in [0, 0.05) is 26.1 Å². The highest BCUT2D eigenvalue weighted by Gasteiger charge is 2.27. The summed E-state index contributed by atoms with van der Waals surface area (Å²) in [6.07, 6.45) is 2.80. The molecule has 3 N–H and O–H groups in total. The zero-order valence-corrected chi connectivity index (χ0v) is 17.3. The number of nitrogens with zero attached hydrogens (tertiary/aromatic N) is 1. The Morgan fingerprint density at radius 2 is 1.85 bits per heavy atom. The van der Waals surface area contributed by atoms with E-state index in [1.807, 2.05) is 13.8 Å². The molecule has 26 heavy (non-hydrogen) atoms. The predicted octanol–water partition coefficient (Wildman–Crippen LogP) is 1.93. The number of sulfonamides is 1. The third kappa shape index (κ3) is 6.87. The first-order valence-corrected chi connectivity index (χ1v) is 10.2. The first kappa shape index (κ1) is 22.9. The van der Waals surface area contributed by atoms with Gasteiger partial charge < -0.3 is 10.6 Å². The van der Waals surface area contributed by atoms with Crippen LogP contribution in [0.15, 0.2) is 29.2 Å². The molecule has 148 valence electrons. The second kappa shape index (κ2) is 9.17. The Bertz CT molecular complexity index is 701. The summed E-state index contributed by atoms with van der Waals surface area (Å²) < 4.78 is 26.9. The molecule has 1 aromatic carbocycles. The number of hydrogen-bond donors (Lipinski definition) is 2. The molecule has 8 heteroatoms. The van der Waals surface area contributed by atoms with E-state index in [9.17, 15) is 13.2 Å². The van der Waals surface area contributed by atoms with Gasteiger partial charge in [0.15, 0.2) is 0 Å². The molecule has 0 radical (unpaired) electrons. The summed E-state index contributed by atoms with van der Waals surface area (Å²) in [7, 11) is -1.63. The number of carbonyl (C=O) groups is 1. The van der Waals surface area contributed by atoms with Gasteiger partial charge in [0.25, 0.3) is 0 Å². The molecule has 6 nitrogen and oxygen atoms in total. The SMILES string of the molecule is CN(CC(C)(C)CN)C(=O)CCc1ccc(S(=O)(=O)NC2CC2)cc1.Cl. The average Bonchev–Trinajstić information content (AvgIpc) is 3.35. The van der Waals surface area contributed by atoms with Gasteiger partial charge in [0.05, 0.1) is 4.90 Å². The van der Waals surface area contributed by atoms with Crippen LogP contribution < -0.4 is 10.5 Å². The Balaban J connectivity index is 0.00000338. The van der Waals surface area contributed by atoms with E-state index in [1.54, 1.807) is 36.2 Å². The molecule has 0 unspecified atom stereocenters. The zero-order chi connectivity index (χ0) is 18.7. The fraction of sp³-hybridized carbons (Fsp3) is 0.611. The lowest BCUT2D eigenvalue weighted by Crippen LogP contribution is -2.39. The fourth-order valence-corrected chi connectivity index (χ4v) is 3.87. The van der Waals surface area contributed by atoms with Crippen LogP contribution in [0.1, 0.15) is 38.7 Å². The van der Waals surface area contributed by atoms with E-state index in [4.69, 9.17) is 5.73 Å². The fourth-order valence-electron chi connectivity index (χ4n) is 2.56. The molecule has 0 spiro atoms. The van der Waals surface area contributed by atoms with Crippen LogP contribution in [0.25, 0.3) is 0 Å². The van der Waals surface area contributed by atoms with Crippen molar-refractivity contribution in [2.45, 2.75) is 50.5 Å². The van der Waals surface area contributed by atoms with Crippen LogP contribution in [0.3, 0.4) is 0 Å². The van der Waals surface area contributed by atoms with Crippen LogP contribution in [0.5, 0.6) is 0 Å². The molecule has 1 fully saturated rings. The summed E-state index contributed by atoms with van der Waals surface area (Å²) in [5.41, 5.74) is 6.56. The van der Waals surface area contributed by atoms with Gasteiger partial charge in [-0.15, -0.1) is 12.4 Å². The molecular weight excluding hydrogens is 374 g/mol. The Morgan fingerprint density at radius 1 is 1.27 bits per heavy atom. The maximum absolute atomic E-state index is 12.2. The van der Waals surface area contributed by atoms with Gasteiger partial charge in [-0.3, -0.25) is 4.79 Å². The zero-order valence-electron chi connectivity index (χ0n) is 15.7. The van der Waals surface area contributed by atoms with Crippen LogP contribution in [0.4, 0.5) is 0 Å². The number of carbonyl (C=O) groups excluding carboxylic acids is 1. The lowest BCUT2D eigenvalue weighted by molar-refractivity contribution is -0.131. The second-order valence-electron chi connectivity index (χ2n) is 7.66. The molecule has 1 amide bonds. The van der Waals surface area contributed by atoms with E-state index in [1.165, 1.54) is 0 Å². The molecular formula is C18H30ClN3O3S. The van der Waals surface area contributed by atoms with Crippen LogP contribution >= 0.6 is 12.4 Å². The Hall–Kier alpha value is -1.15. The highest BCUT2D eigenvalue weighted by Crippen LogP contribution is 2.22. The van der Waals surface area contributed by atoms with Crippen molar-refractivity contribution in [1.29, 1.82) is 0 Å². The molecule has 1 aromatic rings. The maximum Gasteiger partial charge on any atom is 0.240 e. The van der Waals surface area contributed by atoms with Gasteiger partial charge in [0.1, 0.15) is 0 Å². The van der Waals surface area contributed by atoms with Crippen molar-refractivity contribution >= 4 is 28.3 Å². The quantitative estimate of drug-likeness (QED) is 0.658. The van der Waals surface area contributed by atoms with Crippen LogP contribution in [0, 0.1) is 5.41 Å². The summed E-state index contributed by atoms with van der Waals surface area (Å²) >= 11 is 0. The second-order valence-corrected chi connectivity index (χ2v) is 9.37. The van der Waals surface area contributed by atoms with Crippen LogP contribution in [0.2, 0.25) is 0 Å². The molecule has 0 atom stereocenters. The number of aryl methyl sites for hydroxylation is 1. The van der Waals surface area contributed by atoms with E-state index >= 15 is 0 Å². The summed E-state index contributed by atoms with van der Waals surface area (Å²) in [5, 5.41) is 0. The van der Waals surface area contributed by atoms with Gasteiger partial charge in [-0.25, -0.2) is 13.1 Å². The van der Waals surface area contributed by atoms with Crippen molar-refractivity contribution in [3.63, 3.8) is 0 Å². The molecule has 0 heterocycles. The summed E-state index contributed by atoms with van der Waals surface area (Å²) in [6.45, 7) is 5.21. The van der Waals surface area contributed by atoms with Crippen molar-refractivity contribution in [1.82, 2.24) is 9.62 Å². The minimum absolute atomic E-state index is 0. The van der Waals surface area contributed by atoms with Crippen LogP contribution in [-0.4, -0.2) is 45.4 Å². The molecule has 0 saturated heterocycles. The van der Waals surface area contributed by atoms with Crippen molar-refractivity contribution < 1.29 is 13.2 Å². The first-order chi connectivity index (χ1) is 11.6. The number of benzene rings is 1. The predicted molar refractivity (Wildman–Crippen MR) is 106 cm³/mol. The molecule has 2 rings (SSSR count). The Kier molecular flexibility index (Phi) is 8.07. The lowest BCUT2D eigenvalue weighted by Gasteiger charge is -2.29. The average molecular weight is 404 g/mol. The first-order valence-electron chi connectivity index (χ1n) is 8.68. The van der Waals surface area contributed by atoms with Gasteiger partial charge in [-0.05, 0) is 48.9 Å². The van der Waals surface area contributed by atoms with Crippen molar-refractivity contribution in [3.05, 3.63) is 29.8 Å². The third-order valence-electron chi connectivity index (χ3n) is 4.40. The monoisotopic (exact) mass is 403 g/mol. The molecule has 1 saturated carbocycles. The lowest BCUT2D eigenvalue weighted by atomic mass is 9.93. The standard InChI is InChI=1S/C18H29N3O3S.ClH/c1-18(2,12-19)13-21(3)17(22)11-6-14-4-9-16(10-5-14)25(23,24)20-15-7-8-15;/h4-5,9-10,15,20H,6-8,11-13,19H2,1-3H3;1H. The number of amides is 1. The smallest absolute Gasteiger partial charge is 0.240 e. The van der Waals surface area contributed by atoms with Crippen molar-refractivity contribution in [3.8, 4) is 0 Å². The largest absolute Gasteiger partial charge is 0.345 e. The van der Waals surface area contributed by atoms with Gasteiger partial charge in [-0.1, -0.05) is 26.0 Å². The van der Waals surface area contributed by atoms with Crippen molar-refractivity contribution in [2.24, 2.45) is 11.1 Å². The van der Waals surface area contributed by atoms with E-state index in [0.29, 0.717) is 25.9 Å². The minimum atomic E-state index is -3.42. The minimum Gasteiger partial charge on any atom is -0.345 e.